The van der Waals surface area contributed by atoms with Crippen LogP contribution in [0.4, 0.5) is 5.69 Å². The number of rotatable bonds is 3. The highest BCUT2D eigenvalue weighted by Crippen LogP contribution is 2.10. The quantitative estimate of drug-likeness (QED) is 0.741. The molecular weight excluding hydrogens is 186 g/mol. The second-order valence-corrected chi connectivity index (χ2v) is 3.20. The summed E-state index contributed by atoms with van der Waals surface area (Å²) in [6.07, 6.45) is 0.863. The van der Waals surface area contributed by atoms with E-state index >= 15 is 0 Å². The molecule has 0 aliphatic rings. The van der Waals surface area contributed by atoms with Crippen LogP contribution >= 0.6 is 11.6 Å². The maximum atomic E-state index is 10.7. The molecule has 1 aromatic carbocycles. The van der Waals surface area contributed by atoms with Gasteiger partial charge in [-0.25, -0.2) is 0 Å². The zero-order chi connectivity index (χ0) is 9.68. The molecule has 3 heteroatoms. The first-order chi connectivity index (χ1) is 6.22. The molecule has 0 saturated carbocycles. The van der Waals surface area contributed by atoms with Gasteiger partial charge in [-0.1, -0.05) is 12.1 Å². The van der Waals surface area contributed by atoms with Crippen LogP contribution in [0.5, 0.6) is 0 Å². The third-order valence-electron chi connectivity index (χ3n) is 1.66. The summed E-state index contributed by atoms with van der Waals surface area (Å²) in [5, 5.41) is 2.70. The van der Waals surface area contributed by atoms with E-state index in [0.717, 1.165) is 12.1 Å². The molecule has 0 unspecified atom stereocenters. The molecule has 13 heavy (non-hydrogen) atoms. The Bertz CT molecular complexity index is 281. The third kappa shape index (κ3) is 3.47. The second kappa shape index (κ2) is 4.87. The van der Waals surface area contributed by atoms with Crippen molar-refractivity contribution in [3.8, 4) is 0 Å². The molecular formula is C10H12ClNO. The lowest BCUT2D eigenvalue weighted by molar-refractivity contribution is -0.114. The topological polar surface area (TPSA) is 29.1 Å². The van der Waals surface area contributed by atoms with Crippen LogP contribution < -0.4 is 5.32 Å². The average Bonchev–Trinajstić information content (AvgIpc) is 2.08. The van der Waals surface area contributed by atoms with E-state index in [2.05, 4.69) is 5.32 Å². The van der Waals surface area contributed by atoms with Crippen molar-refractivity contribution in [2.75, 3.05) is 11.2 Å². The van der Waals surface area contributed by atoms with Gasteiger partial charge < -0.3 is 5.32 Å². The summed E-state index contributed by atoms with van der Waals surface area (Å²) in [5.74, 6) is 0.574. The normalized spacial score (nSPS) is 9.69. The van der Waals surface area contributed by atoms with E-state index in [-0.39, 0.29) is 5.91 Å². The van der Waals surface area contributed by atoms with E-state index in [1.165, 1.54) is 12.5 Å². The molecule has 1 N–H and O–H groups in total. The summed E-state index contributed by atoms with van der Waals surface area (Å²) < 4.78 is 0. The number of nitrogens with one attached hydrogen (secondary N) is 1. The molecule has 0 aliphatic carbocycles. The first-order valence-corrected chi connectivity index (χ1v) is 4.68. The fraction of sp³-hybridized carbons (Fsp3) is 0.300. The van der Waals surface area contributed by atoms with Gasteiger partial charge in [0.15, 0.2) is 0 Å². The highest BCUT2D eigenvalue weighted by Gasteiger charge is 1.95. The maximum Gasteiger partial charge on any atom is 0.221 e. The molecule has 0 aromatic heterocycles. The molecule has 0 heterocycles. The van der Waals surface area contributed by atoms with E-state index in [1.807, 2.05) is 24.3 Å². The number of halogens is 1. The number of aryl methyl sites for hydroxylation is 1. The molecule has 2 nitrogen and oxygen atoms in total. The molecule has 1 aromatic rings. The van der Waals surface area contributed by atoms with Crippen molar-refractivity contribution in [1.29, 1.82) is 0 Å². The van der Waals surface area contributed by atoms with Crippen molar-refractivity contribution in [2.24, 2.45) is 0 Å². The van der Waals surface area contributed by atoms with Gasteiger partial charge in [0, 0.05) is 18.5 Å². The van der Waals surface area contributed by atoms with Crippen LogP contribution in [0.2, 0.25) is 0 Å². The Morgan fingerprint density at radius 2 is 2.00 bits per heavy atom. The number of amides is 1. The SMILES string of the molecule is CC(=O)Nc1ccc(CCCl)cc1. The average molecular weight is 198 g/mol. The van der Waals surface area contributed by atoms with E-state index in [1.54, 1.807) is 0 Å². The minimum absolute atomic E-state index is 0.0508. The van der Waals surface area contributed by atoms with Gasteiger partial charge in [0.2, 0.25) is 5.91 Å². The Labute approximate surface area is 82.9 Å². The Hall–Kier alpha value is -1.02. The number of alkyl halides is 1. The fourth-order valence-corrected chi connectivity index (χ4v) is 1.29. The van der Waals surface area contributed by atoms with Gasteiger partial charge in [-0.3, -0.25) is 4.79 Å². The van der Waals surface area contributed by atoms with Crippen molar-refractivity contribution < 1.29 is 4.79 Å². The summed E-state index contributed by atoms with van der Waals surface area (Å²) in [6.45, 7) is 1.49. The molecule has 70 valence electrons. The zero-order valence-corrected chi connectivity index (χ0v) is 8.27. The van der Waals surface area contributed by atoms with E-state index < -0.39 is 0 Å². The molecule has 1 rings (SSSR count). The second-order valence-electron chi connectivity index (χ2n) is 2.82. The van der Waals surface area contributed by atoms with Gasteiger partial charge in [0.05, 0.1) is 0 Å². The number of hydrogen-bond donors (Lipinski definition) is 1. The van der Waals surface area contributed by atoms with Crippen molar-refractivity contribution in [1.82, 2.24) is 0 Å². The van der Waals surface area contributed by atoms with Crippen LogP contribution in [0.1, 0.15) is 12.5 Å². The third-order valence-corrected chi connectivity index (χ3v) is 1.85. The lowest BCUT2D eigenvalue weighted by Gasteiger charge is -2.02. The summed E-state index contributed by atoms with van der Waals surface area (Å²) in [7, 11) is 0. The number of carbonyl (C=O) groups is 1. The van der Waals surface area contributed by atoms with Crippen molar-refractivity contribution in [3.05, 3.63) is 29.8 Å². The molecule has 0 saturated heterocycles. The Balaban J connectivity index is 2.64. The molecule has 0 radical (unpaired) electrons. The van der Waals surface area contributed by atoms with Crippen LogP contribution in [-0.4, -0.2) is 11.8 Å². The minimum atomic E-state index is -0.0508. The standard InChI is InChI=1S/C10H12ClNO/c1-8(13)12-10-4-2-9(3-5-10)6-7-11/h2-5H,6-7H2,1H3,(H,12,13). The van der Waals surface area contributed by atoms with Crippen LogP contribution in [0.25, 0.3) is 0 Å². The van der Waals surface area contributed by atoms with Gasteiger partial charge in [-0.2, -0.15) is 0 Å². The molecule has 0 aliphatic heterocycles. The lowest BCUT2D eigenvalue weighted by Crippen LogP contribution is -2.05. The summed E-state index contributed by atoms with van der Waals surface area (Å²) >= 11 is 5.59. The first-order valence-electron chi connectivity index (χ1n) is 4.15. The number of benzene rings is 1. The zero-order valence-electron chi connectivity index (χ0n) is 7.51. The molecule has 0 fully saturated rings. The van der Waals surface area contributed by atoms with Crippen LogP contribution in [0, 0.1) is 0 Å². The molecule has 1 amide bonds. The first kappa shape index (κ1) is 10.1. The predicted molar refractivity (Wildman–Crippen MR) is 55.2 cm³/mol. The highest BCUT2D eigenvalue weighted by molar-refractivity contribution is 6.17. The number of hydrogen-bond acceptors (Lipinski definition) is 1. The molecule has 0 bridgehead atoms. The monoisotopic (exact) mass is 197 g/mol. The van der Waals surface area contributed by atoms with Crippen molar-refractivity contribution in [3.63, 3.8) is 0 Å². The number of carbonyl (C=O) groups excluding carboxylic acids is 1. The minimum Gasteiger partial charge on any atom is -0.326 e. The van der Waals surface area contributed by atoms with Gasteiger partial charge in [-0.05, 0) is 24.1 Å². The highest BCUT2D eigenvalue weighted by atomic mass is 35.5. The van der Waals surface area contributed by atoms with Crippen LogP contribution in [0.15, 0.2) is 24.3 Å². The number of anilines is 1. The summed E-state index contributed by atoms with van der Waals surface area (Å²) in [4.78, 5) is 10.7. The Kier molecular flexibility index (Phi) is 3.77. The van der Waals surface area contributed by atoms with E-state index in [4.69, 9.17) is 11.6 Å². The van der Waals surface area contributed by atoms with Crippen LogP contribution in [0.3, 0.4) is 0 Å². The summed E-state index contributed by atoms with van der Waals surface area (Å²) in [6, 6.07) is 7.69. The predicted octanol–water partition coefficient (Wildman–Crippen LogP) is 2.43. The Morgan fingerprint density at radius 1 is 1.38 bits per heavy atom. The van der Waals surface area contributed by atoms with Crippen molar-refractivity contribution >= 4 is 23.2 Å². The lowest BCUT2D eigenvalue weighted by atomic mass is 10.1. The fourth-order valence-electron chi connectivity index (χ4n) is 1.07. The largest absolute Gasteiger partial charge is 0.326 e. The van der Waals surface area contributed by atoms with Crippen LogP contribution in [-0.2, 0) is 11.2 Å². The van der Waals surface area contributed by atoms with Gasteiger partial charge in [0.1, 0.15) is 0 Å². The van der Waals surface area contributed by atoms with Gasteiger partial charge in [-0.15, -0.1) is 11.6 Å². The maximum absolute atomic E-state index is 10.7. The Morgan fingerprint density at radius 3 is 2.46 bits per heavy atom. The van der Waals surface area contributed by atoms with E-state index in [0.29, 0.717) is 5.88 Å². The van der Waals surface area contributed by atoms with Gasteiger partial charge in [0.25, 0.3) is 0 Å². The summed E-state index contributed by atoms with van der Waals surface area (Å²) in [5.41, 5.74) is 2.01. The molecule has 0 spiro atoms. The van der Waals surface area contributed by atoms with E-state index in [9.17, 15) is 4.79 Å². The van der Waals surface area contributed by atoms with Gasteiger partial charge >= 0.3 is 0 Å². The smallest absolute Gasteiger partial charge is 0.221 e. The molecule has 0 atom stereocenters. The van der Waals surface area contributed by atoms with Crippen molar-refractivity contribution in [2.45, 2.75) is 13.3 Å².